The van der Waals surface area contributed by atoms with E-state index >= 15 is 0 Å². The van der Waals surface area contributed by atoms with Crippen molar-refractivity contribution in [1.82, 2.24) is 4.98 Å². The van der Waals surface area contributed by atoms with Gasteiger partial charge in [0.2, 0.25) is 0 Å². The largest absolute Gasteiger partial charge is 0.487 e. The zero-order chi connectivity index (χ0) is 13.0. The van der Waals surface area contributed by atoms with Crippen LogP contribution in [0.15, 0.2) is 23.6 Å². The molecule has 0 saturated heterocycles. The van der Waals surface area contributed by atoms with E-state index < -0.39 is 0 Å². The first kappa shape index (κ1) is 13.0. The van der Waals surface area contributed by atoms with E-state index in [1.807, 2.05) is 5.38 Å². The minimum atomic E-state index is -0.207. The third kappa shape index (κ3) is 3.29. The molecule has 2 aromatic rings. The van der Waals surface area contributed by atoms with Gasteiger partial charge in [-0.05, 0) is 43.5 Å². The number of aryl methyl sites for hydroxylation is 2. The minimum absolute atomic E-state index is 0.207. The lowest BCUT2D eigenvalue weighted by Crippen LogP contribution is -1.97. The zero-order valence-corrected chi connectivity index (χ0v) is 11.4. The molecule has 96 valence electrons. The fraction of sp³-hybridized carbons (Fsp3) is 0.357. The molecule has 0 aliphatic carbocycles. The Balaban J connectivity index is 1.95. The van der Waals surface area contributed by atoms with Crippen molar-refractivity contribution >= 4 is 11.3 Å². The molecule has 0 N–H and O–H groups in total. The topological polar surface area (TPSA) is 22.1 Å². The first-order valence-corrected chi connectivity index (χ1v) is 6.89. The SMILES string of the molecule is CCCc1nc(COc2ccc(F)c(C)c2)cs1. The molecule has 0 bridgehead atoms. The minimum Gasteiger partial charge on any atom is -0.487 e. The summed E-state index contributed by atoms with van der Waals surface area (Å²) >= 11 is 1.66. The fourth-order valence-corrected chi connectivity index (χ4v) is 2.49. The third-order valence-electron chi connectivity index (χ3n) is 2.58. The summed E-state index contributed by atoms with van der Waals surface area (Å²) in [4.78, 5) is 4.47. The van der Waals surface area contributed by atoms with Gasteiger partial charge in [0, 0.05) is 5.38 Å². The first-order chi connectivity index (χ1) is 8.69. The maximum absolute atomic E-state index is 13.1. The number of thiazole rings is 1. The Morgan fingerprint density at radius 3 is 2.94 bits per heavy atom. The van der Waals surface area contributed by atoms with Gasteiger partial charge in [0.1, 0.15) is 18.2 Å². The number of benzene rings is 1. The van der Waals surface area contributed by atoms with Crippen LogP contribution in [0, 0.1) is 12.7 Å². The van der Waals surface area contributed by atoms with Crippen molar-refractivity contribution in [2.75, 3.05) is 0 Å². The Bertz CT molecular complexity index is 524. The van der Waals surface area contributed by atoms with Crippen molar-refractivity contribution in [3.63, 3.8) is 0 Å². The van der Waals surface area contributed by atoms with Gasteiger partial charge in [-0.1, -0.05) is 6.92 Å². The van der Waals surface area contributed by atoms with Crippen LogP contribution in [-0.2, 0) is 13.0 Å². The number of rotatable bonds is 5. The number of halogens is 1. The van der Waals surface area contributed by atoms with Gasteiger partial charge in [0.05, 0.1) is 10.7 Å². The molecule has 0 saturated carbocycles. The maximum Gasteiger partial charge on any atom is 0.131 e. The van der Waals surface area contributed by atoms with E-state index in [0.717, 1.165) is 23.5 Å². The van der Waals surface area contributed by atoms with Crippen LogP contribution in [0.4, 0.5) is 4.39 Å². The van der Waals surface area contributed by atoms with Crippen molar-refractivity contribution in [1.29, 1.82) is 0 Å². The molecule has 1 aromatic carbocycles. The average Bonchev–Trinajstić information content (AvgIpc) is 2.79. The van der Waals surface area contributed by atoms with Gasteiger partial charge in [0.15, 0.2) is 0 Å². The van der Waals surface area contributed by atoms with E-state index in [0.29, 0.717) is 17.9 Å². The smallest absolute Gasteiger partial charge is 0.131 e. The molecule has 0 radical (unpaired) electrons. The van der Waals surface area contributed by atoms with E-state index in [4.69, 9.17) is 4.74 Å². The standard InChI is InChI=1S/C14H16FNOS/c1-3-4-14-16-11(9-18-14)8-17-12-5-6-13(15)10(2)7-12/h5-7,9H,3-4,8H2,1-2H3. The quantitative estimate of drug-likeness (QED) is 0.811. The second-order valence-corrected chi connectivity index (χ2v) is 5.12. The first-order valence-electron chi connectivity index (χ1n) is 6.01. The van der Waals surface area contributed by atoms with Crippen LogP contribution in [0.1, 0.15) is 29.6 Å². The molecule has 1 aromatic heterocycles. The summed E-state index contributed by atoms with van der Waals surface area (Å²) in [6.45, 7) is 4.30. The monoisotopic (exact) mass is 265 g/mol. The lowest BCUT2D eigenvalue weighted by Gasteiger charge is -2.05. The van der Waals surface area contributed by atoms with Gasteiger partial charge in [-0.3, -0.25) is 0 Å². The van der Waals surface area contributed by atoms with Crippen molar-refractivity contribution in [2.45, 2.75) is 33.3 Å². The Hall–Kier alpha value is -1.42. The second kappa shape index (κ2) is 5.96. The van der Waals surface area contributed by atoms with Crippen LogP contribution in [0.2, 0.25) is 0 Å². The van der Waals surface area contributed by atoms with Gasteiger partial charge in [0.25, 0.3) is 0 Å². The molecular formula is C14H16FNOS. The lowest BCUT2D eigenvalue weighted by molar-refractivity contribution is 0.301. The Labute approximate surface area is 110 Å². The lowest BCUT2D eigenvalue weighted by atomic mass is 10.2. The van der Waals surface area contributed by atoms with Gasteiger partial charge >= 0.3 is 0 Å². The molecule has 2 rings (SSSR count). The highest BCUT2D eigenvalue weighted by Crippen LogP contribution is 2.18. The van der Waals surface area contributed by atoms with Gasteiger partial charge in [-0.2, -0.15) is 0 Å². The van der Waals surface area contributed by atoms with Crippen molar-refractivity contribution in [2.24, 2.45) is 0 Å². The van der Waals surface area contributed by atoms with Gasteiger partial charge < -0.3 is 4.74 Å². The highest BCUT2D eigenvalue weighted by atomic mass is 32.1. The average molecular weight is 265 g/mol. The Morgan fingerprint density at radius 2 is 2.22 bits per heavy atom. The predicted molar refractivity (Wildman–Crippen MR) is 71.6 cm³/mol. The molecule has 1 heterocycles. The molecular weight excluding hydrogens is 249 g/mol. The second-order valence-electron chi connectivity index (χ2n) is 4.18. The molecule has 18 heavy (non-hydrogen) atoms. The number of ether oxygens (including phenoxy) is 1. The third-order valence-corrected chi connectivity index (χ3v) is 3.54. The van der Waals surface area contributed by atoms with Gasteiger partial charge in [-0.25, -0.2) is 9.37 Å². The molecule has 0 spiro atoms. The molecule has 0 unspecified atom stereocenters. The number of nitrogens with zero attached hydrogens (tertiary/aromatic N) is 1. The van der Waals surface area contributed by atoms with Crippen LogP contribution >= 0.6 is 11.3 Å². The summed E-state index contributed by atoms with van der Waals surface area (Å²) < 4.78 is 18.7. The van der Waals surface area contributed by atoms with Crippen molar-refractivity contribution < 1.29 is 9.13 Å². The molecule has 4 heteroatoms. The van der Waals surface area contributed by atoms with Crippen molar-refractivity contribution in [3.05, 3.63) is 45.7 Å². The molecule has 0 aliphatic rings. The number of aromatic nitrogens is 1. The normalized spacial score (nSPS) is 10.6. The summed E-state index contributed by atoms with van der Waals surface area (Å²) in [7, 11) is 0. The van der Waals surface area contributed by atoms with Crippen molar-refractivity contribution in [3.8, 4) is 5.75 Å². The number of hydrogen-bond donors (Lipinski definition) is 0. The van der Waals surface area contributed by atoms with E-state index in [1.54, 1.807) is 30.4 Å². The van der Waals surface area contributed by atoms with E-state index in [1.165, 1.54) is 6.07 Å². The van der Waals surface area contributed by atoms with Crippen LogP contribution in [-0.4, -0.2) is 4.98 Å². The summed E-state index contributed by atoms with van der Waals surface area (Å²) in [6, 6.07) is 4.77. The molecule has 0 atom stereocenters. The fourth-order valence-electron chi connectivity index (χ4n) is 1.61. The highest BCUT2D eigenvalue weighted by Gasteiger charge is 2.04. The summed E-state index contributed by atoms with van der Waals surface area (Å²) in [5, 5.41) is 3.16. The highest BCUT2D eigenvalue weighted by molar-refractivity contribution is 7.09. The predicted octanol–water partition coefficient (Wildman–Crippen LogP) is 4.12. The zero-order valence-electron chi connectivity index (χ0n) is 10.6. The Morgan fingerprint density at radius 1 is 1.39 bits per heavy atom. The molecule has 0 fully saturated rings. The van der Waals surface area contributed by atoms with Gasteiger partial charge in [-0.15, -0.1) is 11.3 Å². The summed E-state index contributed by atoms with van der Waals surface area (Å²) in [6.07, 6.45) is 2.12. The molecule has 2 nitrogen and oxygen atoms in total. The summed E-state index contributed by atoms with van der Waals surface area (Å²) in [5.41, 5.74) is 1.53. The molecule has 0 aliphatic heterocycles. The number of hydrogen-bond acceptors (Lipinski definition) is 3. The van der Waals surface area contributed by atoms with E-state index in [9.17, 15) is 4.39 Å². The molecule has 0 amide bonds. The Kier molecular flexibility index (Phi) is 4.31. The van der Waals surface area contributed by atoms with Crippen LogP contribution in [0.25, 0.3) is 0 Å². The van der Waals surface area contributed by atoms with Crippen LogP contribution < -0.4 is 4.74 Å². The van der Waals surface area contributed by atoms with Crippen LogP contribution in [0.5, 0.6) is 5.75 Å². The van der Waals surface area contributed by atoms with E-state index in [-0.39, 0.29) is 5.82 Å². The van der Waals surface area contributed by atoms with Crippen LogP contribution in [0.3, 0.4) is 0 Å². The van der Waals surface area contributed by atoms with E-state index in [2.05, 4.69) is 11.9 Å². The maximum atomic E-state index is 13.1. The summed E-state index contributed by atoms with van der Waals surface area (Å²) in [5.74, 6) is 0.472.